The molecule has 0 atom stereocenters. The van der Waals surface area contributed by atoms with Gasteiger partial charge in [0.05, 0.1) is 12.3 Å². The maximum absolute atomic E-state index is 13.3. The van der Waals surface area contributed by atoms with Gasteiger partial charge in [-0.2, -0.15) is 0 Å². The first-order valence-electron chi connectivity index (χ1n) is 15.0. The van der Waals surface area contributed by atoms with Crippen molar-refractivity contribution in [3.05, 3.63) is 90.0 Å². The molecule has 0 spiro atoms. The van der Waals surface area contributed by atoms with E-state index in [4.69, 9.17) is 29.3 Å². The molecule has 0 aliphatic carbocycles. The number of hydrogen-bond donors (Lipinski definition) is 2. The summed E-state index contributed by atoms with van der Waals surface area (Å²) in [7, 11) is 0. The third-order valence-electron chi connectivity index (χ3n) is 7.79. The number of carbonyl (C=O) groups excluding carboxylic acids is 1. The summed E-state index contributed by atoms with van der Waals surface area (Å²) in [5.74, 6) is -1.35. The molecule has 5 rings (SSSR count). The molecule has 2 saturated heterocycles. The zero-order chi connectivity index (χ0) is 31.3. The van der Waals surface area contributed by atoms with E-state index in [0.29, 0.717) is 19.1 Å². The van der Waals surface area contributed by atoms with E-state index in [2.05, 4.69) is 63.2 Å². The molecule has 0 radical (unpaired) electrons. The van der Waals surface area contributed by atoms with Gasteiger partial charge in [0.15, 0.2) is 0 Å². The molecule has 2 aliphatic rings. The lowest BCUT2D eigenvalue weighted by Gasteiger charge is -2.39. The normalized spacial score (nSPS) is 15.6. The molecule has 1 amide bonds. The van der Waals surface area contributed by atoms with Gasteiger partial charge in [-0.05, 0) is 68.2 Å². The Morgan fingerprint density at radius 1 is 0.727 bits per heavy atom. The van der Waals surface area contributed by atoms with E-state index in [1.54, 1.807) is 0 Å². The van der Waals surface area contributed by atoms with Crippen molar-refractivity contribution >= 4 is 23.5 Å². The fourth-order valence-electron chi connectivity index (χ4n) is 5.45. The fraction of sp³-hybridized carbons (Fsp3) is 0.382. The van der Waals surface area contributed by atoms with Gasteiger partial charge in [0.2, 0.25) is 5.91 Å². The number of anilines is 1. The van der Waals surface area contributed by atoms with Gasteiger partial charge in [-0.15, -0.1) is 0 Å². The molecule has 2 aliphatic heterocycles. The molecule has 0 saturated carbocycles. The smallest absolute Gasteiger partial charge is 0.414 e. The summed E-state index contributed by atoms with van der Waals surface area (Å²) < 4.78 is 11.7. The Kier molecular flexibility index (Phi) is 12.0. The van der Waals surface area contributed by atoms with Gasteiger partial charge in [0, 0.05) is 38.6 Å². The molecule has 2 N–H and O–H groups in total. The number of amides is 1. The topological polar surface area (TPSA) is 120 Å². The number of para-hydroxylation sites is 2. The van der Waals surface area contributed by atoms with Crippen molar-refractivity contribution < 1.29 is 34.1 Å². The summed E-state index contributed by atoms with van der Waals surface area (Å²) in [5.41, 5.74) is 3.58. The first-order chi connectivity index (χ1) is 21.3. The molecule has 3 aromatic rings. The molecule has 234 valence electrons. The van der Waals surface area contributed by atoms with Gasteiger partial charge in [0.25, 0.3) is 0 Å². The molecular formula is C34H41N3O7. The van der Waals surface area contributed by atoms with Crippen molar-refractivity contribution in [2.75, 3.05) is 50.8 Å². The lowest BCUT2D eigenvalue weighted by Crippen LogP contribution is -2.51. The molecule has 44 heavy (non-hydrogen) atoms. The highest BCUT2D eigenvalue weighted by atomic mass is 16.5. The van der Waals surface area contributed by atoms with Gasteiger partial charge in [-0.3, -0.25) is 9.69 Å². The summed E-state index contributed by atoms with van der Waals surface area (Å²) in [6.07, 6.45) is 1.87. The highest BCUT2D eigenvalue weighted by Gasteiger charge is 2.31. The van der Waals surface area contributed by atoms with Crippen molar-refractivity contribution in [3.63, 3.8) is 0 Å². The number of nitrogens with zero attached hydrogens (tertiary/aromatic N) is 3. The SMILES string of the molecule is CCOc1ccccc1N1CCN(C(=O)C2CCN(Cc3ccc(OCc4ccccc4)cc3)CC2)CC1.O=C(O)C(=O)O. The van der Waals surface area contributed by atoms with Crippen molar-refractivity contribution in [3.8, 4) is 11.5 Å². The predicted molar refractivity (Wildman–Crippen MR) is 167 cm³/mol. The summed E-state index contributed by atoms with van der Waals surface area (Å²) in [4.78, 5) is 38.4. The Balaban J connectivity index is 0.000000670. The monoisotopic (exact) mass is 603 g/mol. The summed E-state index contributed by atoms with van der Waals surface area (Å²) in [5, 5.41) is 14.8. The van der Waals surface area contributed by atoms with E-state index in [9.17, 15) is 4.79 Å². The minimum absolute atomic E-state index is 0.141. The Hall–Kier alpha value is -4.57. The van der Waals surface area contributed by atoms with Crippen LogP contribution in [-0.2, 0) is 27.5 Å². The number of carboxylic acid groups (broad SMARTS) is 2. The standard InChI is InChI=1S/C32H39N3O3.C2H2O4/c1-2-37-31-11-7-6-10-30(31)34-20-22-35(23-21-34)32(36)28-16-18-33(19-17-28)24-26-12-14-29(15-13-26)38-25-27-8-4-3-5-9-27;3-1(4)2(5)6/h3-15,28H,2,16-25H2,1H3;(H,3,4)(H,5,6). The number of ether oxygens (including phenoxy) is 2. The Labute approximate surface area is 258 Å². The van der Waals surface area contributed by atoms with Crippen LogP contribution >= 0.6 is 0 Å². The zero-order valence-corrected chi connectivity index (χ0v) is 25.1. The number of benzene rings is 3. The van der Waals surface area contributed by atoms with Crippen LogP contribution in [0.3, 0.4) is 0 Å². The quantitative estimate of drug-likeness (QED) is 0.344. The van der Waals surface area contributed by atoms with Gasteiger partial charge < -0.3 is 29.5 Å². The van der Waals surface area contributed by atoms with Crippen LogP contribution in [0, 0.1) is 5.92 Å². The van der Waals surface area contributed by atoms with E-state index in [-0.39, 0.29) is 5.92 Å². The van der Waals surface area contributed by atoms with Gasteiger partial charge in [-0.1, -0.05) is 54.6 Å². The lowest BCUT2D eigenvalue weighted by atomic mass is 9.94. The fourth-order valence-corrected chi connectivity index (χ4v) is 5.45. The molecule has 2 heterocycles. The predicted octanol–water partition coefficient (Wildman–Crippen LogP) is 4.38. The minimum atomic E-state index is -1.82. The highest BCUT2D eigenvalue weighted by Crippen LogP contribution is 2.29. The van der Waals surface area contributed by atoms with Crippen LogP contribution < -0.4 is 14.4 Å². The van der Waals surface area contributed by atoms with E-state index in [0.717, 1.165) is 75.8 Å². The molecule has 2 fully saturated rings. The molecule has 10 heteroatoms. The number of carboxylic acids is 2. The third-order valence-corrected chi connectivity index (χ3v) is 7.79. The average molecular weight is 604 g/mol. The van der Waals surface area contributed by atoms with Crippen LogP contribution in [0.1, 0.15) is 30.9 Å². The second kappa shape index (κ2) is 16.3. The molecule has 0 bridgehead atoms. The zero-order valence-electron chi connectivity index (χ0n) is 25.1. The van der Waals surface area contributed by atoms with Crippen LogP contribution in [0.25, 0.3) is 0 Å². The van der Waals surface area contributed by atoms with Crippen LogP contribution in [0.2, 0.25) is 0 Å². The van der Waals surface area contributed by atoms with Crippen molar-refractivity contribution in [2.45, 2.75) is 32.9 Å². The Morgan fingerprint density at radius 2 is 1.34 bits per heavy atom. The Bertz CT molecular complexity index is 1340. The largest absolute Gasteiger partial charge is 0.492 e. The summed E-state index contributed by atoms with van der Waals surface area (Å²) in [6.45, 7) is 9.33. The first kappa shape index (κ1) is 32.3. The van der Waals surface area contributed by atoms with E-state index in [1.165, 1.54) is 11.1 Å². The van der Waals surface area contributed by atoms with Gasteiger partial charge >= 0.3 is 11.9 Å². The molecular weight excluding hydrogens is 562 g/mol. The molecule has 3 aromatic carbocycles. The van der Waals surface area contributed by atoms with Crippen molar-refractivity contribution in [1.29, 1.82) is 0 Å². The summed E-state index contributed by atoms with van der Waals surface area (Å²) in [6, 6.07) is 26.9. The number of carbonyl (C=O) groups is 3. The second-order valence-corrected chi connectivity index (χ2v) is 10.8. The number of piperazine rings is 1. The molecule has 10 nitrogen and oxygen atoms in total. The molecule has 0 unspecified atom stereocenters. The van der Waals surface area contributed by atoms with Crippen LogP contribution in [-0.4, -0.2) is 83.7 Å². The third kappa shape index (κ3) is 9.47. The number of piperidine rings is 1. The van der Waals surface area contributed by atoms with Crippen LogP contribution in [0.5, 0.6) is 11.5 Å². The van der Waals surface area contributed by atoms with Crippen LogP contribution in [0.15, 0.2) is 78.9 Å². The van der Waals surface area contributed by atoms with Gasteiger partial charge in [0.1, 0.15) is 18.1 Å². The number of aliphatic carboxylic acids is 2. The first-order valence-corrected chi connectivity index (χ1v) is 15.0. The highest BCUT2D eigenvalue weighted by molar-refractivity contribution is 6.27. The number of likely N-dealkylation sites (tertiary alicyclic amines) is 1. The average Bonchev–Trinajstić information content (AvgIpc) is 3.06. The van der Waals surface area contributed by atoms with E-state index < -0.39 is 11.9 Å². The number of hydrogen-bond acceptors (Lipinski definition) is 7. The van der Waals surface area contributed by atoms with Crippen molar-refractivity contribution in [2.24, 2.45) is 5.92 Å². The maximum Gasteiger partial charge on any atom is 0.414 e. The van der Waals surface area contributed by atoms with Crippen LogP contribution in [0.4, 0.5) is 5.69 Å². The Morgan fingerprint density at radius 3 is 1.95 bits per heavy atom. The van der Waals surface area contributed by atoms with E-state index in [1.807, 2.05) is 37.3 Å². The minimum Gasteiger partial charge on any atom is -0.492 e. The lowest BCUT2D eigenvalue weighted by molar-refractivity contribution is -0.159. The van der Waals surface area contributed by atoms with Gasteiger partial charge in [-0.25, -0.2) is 9.59 Å². The molecule has 0 aromatic heterocycles. The van der Waals surface area contributed by atoms with E-state index >= 15 is 0 Å². The maximum atomic E-state index is 13.3. The second-order valence-electron chi connectivity index (χ2n) is 10.8. The summed E-state index contributed by atoms with van der Waals surface area (Å²) >= 11 is 0. The van der Waals surface area contributed by atoms with Crippen molar-refractivity contribution in [1.82, 2.24) is 9.80 Å². The number of rotatable bonds is 9.